The highest BCUT2D eigenvalue weighted by Crippen LogP contribution is 2.33. The summed E-state index contributed by atoms with van der Waals surface area (Å²) in [6.45, 7) is 6.92. The molecule has 7 nitrogen and oxygen atoms in total. The summed E-state index contributed by atoms with van der Waals surface area (Å²) in [5.41, 5.74) is 7.87. The minimum absolute atomic E-state index is 0.460. The Bertz CT molecular complexity index is 797. The highest BCUT2D eigenvalue weighted by Gasteiger charge is 2.27. The van der Waals surface area contributed by atoms with Gasteiger partial charge in [0.2, 0.25) is 0 Å². The molecule has 1 aromatic carbocycles. The zero-order chi connectivity index (χ0) is 19.5. The van der Waals surface area contributed by atoms with Crippen molar-refractivity contribution in [1.29, 1.82) is 0 Å². The Morgan fingerprint density at radius 2 is 1.79 bits per heavy atom. The van der Waals surface area contributed by atoms with E-state index >= 15 is 0 Å². The highest BCUT2D eigenvalue weighted by molar-refractivity contribution is 5.69. The molecule has 1 aromatic heterocycles. The standard InChI is InChI=1S/C21H30N6O/c1-25-11-13-27(14-12-25)16-6-9-26(10-7-16)17-3-4-18(19(15-17)28-2)21-23-8-5-20(22)24-21/h3-5,8,15-16H,6-7,9-14H2,1-2H3,(H2,22,23,24). The van der Waals surface area contributed by atoms with Gasteiger partial charge in [-0.25, -0.2) is 9.97 Å². The maximum Gasteiger partial charge on any atom is 0.165 e. The quantitative estimate of drug-likeness (QED) is 0.867. The van der Waals surface area contributed by atoms with Crippen LogP contribution in [0.25, 0.3) is 11.4 Å². The van der Waals surface area contributed by atoms with Gasteiger partial charge >= 0.3 is 0 Å². The van der Waals surface area contributed by atoms with E-state index in [2.05, 4.69) is 43.8 Å². The predicted octanol–water partition coefficient (Wildman–Crippen LogP) is 1.95. The number of nitrogen functional groups attached to an aromatic ring is 1. The van der Waals surface area contributed by atoms with Crippen molar-refractivity contribution < 1.29 is 4.74 Å². The van der Waals surface area contributed by atoms with Crippen molar-refractivity contribution in [2.75, 3.05) is 64.1 Å². The first kappa shape index (κ1) is 19.0. The van der Waals surface area contributed by atoms with Gasteiger partial charge in [-0.1, -0.05) is 0 Å². The molecule has 2 aromatic rings. The summed E-state index contributed by atoms with van der Waals surface area (Å²) in [6, 6.07) is 8.68. The van der Waals surface area contributed by atoms with Crippen molar-refractivity contribution in [2.24, 2.45) is 0 Å². The number of anilines is 2. The van der Waals surface area contributed by atoms with Crippen LogP contribution in [0.15, 0.2) is 30.5 Å². The van der Waals surface area contributed by atoms with Crippen LogP contribution in [0.2, 0.25) is 0 Å². The Hall–Kier alpha value is -2.38. The van der Waals surface area contributed by atoms with E-state index in [0.717, 1.165) is 24.4 Å². The number of piperidine rings is 1. The number of ether oxygens (including phenoxy) is 1. The van der Waals surface area contributed by atoms with E-state index < -0.39 is 0 Å². The maximum atomic E-state index is 5.81. The van der Waals surface area contributed by atoms with Gasteiger partial charge in [0.15, 0.2) is 5.82 Å². The van der Waals surface area contributed by atoms with Crippen molar-refractivity contribution in [2.45, 2.75) is 18.9 Å². The Labute approximate surface area is 167 Å². The number of piperazine rings is 1. The zero-order valence-electron chi connectivity index (χ0n) is 16.8. The Balaban J connectivity index is 1.44. The van der Waals surface area contributed by atoms with Gasteiger partial charge in [-0.15, -0.1) is 0 Å². The predicted molar refractivity (Wildman–Crippen MR) is 113 cm³/mol. The summed E-state index contributed by atoms with van der Waals surface area (Å²) in [6.07, 6.45) is 4.10. The molecule has 28 heavy (non-hydrogen) atoms. The van der Waals surface area contributed by atoms with E-state index in [-0.39, 0.29) is 0 Å². The van der Waals surface area contributed by atoms with Gasteiger partial charge in [0.25, 0.3) is 0 Å². The van der Waals surface area contributed by atoms with E-state index in [0.29, 0.717) is 17.7 Å². The van der Waals surface area contributed by atoms with Crippen LogP contribution >= 0.6 is 0 Å². The first-order valence-corrected chi connectivity index (χ1v) is 10.1. The summed E-state index contributed by atoms with van der Waals surface area (Å²) in [7, 11) is 3.90. The summed E-state index contributed by atoms with van der Waals surface area (Å²) in [5.74, 6) is 1.84. The first-order chi connectivity index (χ1) is 13.6. The third-order valence-electron chi connectivity index (χ3n) is 5.99. The van der Waals surface area contributed by atoms with Crippen LogP contribution < -0.4 is 15.4 Å². The minimum atomic E-state index is 0.460. The fraction of sp³-hybridized carbons (Fsp3) is 0.524. The summed E-state index contributed by atoms with van der Waals surface area (Å²) in [4.78, 5) is 16.2. The third-order valence-corrected chi connectivity index (χ3v) is 5.99. The molecule has 4 rings (SSSR count). The van der Waals surface area contributed by atoms with E-state index in [4.69, 9.17) is 10.5 Å². The van der Waals surface area contributed by atoms with Crippen LogP contribution in [0.3, 0.4) is 0 Å². The number of rotatable bonds is 4. The number of hydrogen-bond donors (Lipinski definition) is 1. The molecule has 0 atom stereocenters. The van der Waals surface area contributed by atoms with E-state index in [1.54, 1.807) is 19.4 Å². The minimum Gasteiger partial charge on any atom is -0.496 e. The van der Waals surface area contributed by atoms with Crippen LogP contribution in [-0.4, -0.2) is 79.2 Å². The van der Waals surface area contributed by atoms with Crippen molar-refractivity contribution in [3.63, 3.8) is 0 Å². The second kappa shape index (κ2) is 8.32. The molecule has 2 N–H and O–H groups in total. The normalized spacial score (nSPS) is 19.7. The smallest absolute Gasteiger partial charge is 0.165 e. The molecule has 0 saturated carbocycles. The number of hydrogen-bond acceptors (Lipinski definition) is 7. The Morgan fingerprint density at radius 1 is 1.04 bits per heavy atom. The van der Waals surface area contributed by atoms with Gasteiger partial charge in [0.05, 0.1) is 12.7 Å². The van der Waals surface area contributed by atoms with Crippen LogP contribution in [-0.2, 0) is 0 Å². The largest absolute Gasteiger partial charge is 0.496 e. The number of benzene rings is 1. The van der Waals surface area contributed by atoms with Gasteiger partial charge in [-0.3, -0.25) is 4.90 Å². The molecule has 3 heterocycles. The molecule has 2 aliphatic heterocycles. The van der Waals surface area contributed by atoms with E-state index in [9.17, 15) is 0 Å². The van der Waals surface area contributed by atoms with Crippen molar-refractivity contribution in [1.82, 2.24) is 19.8 Å². The van der Waals surface area contributed by atoms with Crippen molar-refractivity contribution in [3.05, 3.63) is 30.5 Å². The molecule has 2 fully saturated rings. The van der Waals surface area contributed by atoms with E-state index in [1.165, 1.54) is 44.7 Å². The number of likely N-dealkylation sites (N-methyl/N-ethyl adjacent to an activating group) is 1. The first-order valence-electron chi connectivity index (χ1n) is 10.1. The maximum absolute atomic E-state index is 5.81. The number of nitrogens with zero attached hydrogens (tertiary/aromatic N) is 5. The summed E-state index contributed by atoms with van der Waals surface area (Å²) in [5, 5.41) is 0. The average Bonchev–Trinajstić information content (AvgIpc) is 2.74. The lowest BCUT2D eigenvalue weighted by atomic mass is 10.0. The van der Waals surface area contributed by atoms with Crippen LogP contribution in [0.1, 0.15) is 12.8 Å². The Morgan fingerprint density at radius 3 is 2.46 bits per heavy atom. The average molecular weight is 383 g/mol. The topological polar surface area (TPSA) is 70.8 Å². The molecule has 0 bridgehead atoms. The monoisotopic (exact) mass is 382 g/mol. The number of methoxy groups -OCH3 is 1. The van der Waals surface area contributed by atoms with Crippen LogP contribution in [0.5, 0.6) is 5.75 Å². The molecule has 2 saturated heterocycles. The molecular weight excluding hydrogens is 352 g/mol. The van der Waals surface area contributed by atoms with Crippen LogP contribution in [0.4, 0.5) is 11.5 Å². The molecule has 2 aliphatic rings. The van der Waals surface area contributed by atoms with Gasteiger partial charge in [-0.05, 0) is 38.1 Å². The summed E-state index contributed by atoms with van der Waals surface area (Å²) < 4.78 is 5.64. The Kier molecular flexibility index (Phi) is 5.64. The number of nitrogens with two attached hydrogens (primary N) is 1. The zero-order valence-corrected chi connectivity index (χ0v) is 16.8. The molecule has 0 aliphatic carbocycles. The van der Waals surface area contributed by atoms with Gasteiger partial charge in [0, 0.05) is 63.3 Å². The second-order valence-corrected chi connectivity index (χ2v) is 7.75. The lowest BCUT2D eigenvalue weighted by Gasteiger charge is -2.42. The lowest BCUT2D eigenvalue weighted by molar-refractivity contribution is 0.0982. The van der Waals surface area contributed by atoms with Crippen molar-refractivity contribution >= 4 is 11.5 Å². The number of aromatic nitrogens is 2. The second-order valence-electron chi connectivity index (χ2n) is 7.75. The molecule has 0 radical (unpaired) electrons. The van der Waals surface area contributed by atoms with Gasteiger partial charge in [-0.2, -0.15) is 0 Å². The summed E-state index contributed by atoms with van der Waals surface area (Å²) >= 11 is 0. The molecule has 7 heteroatoms. The molecule has 0 amide bonds. The SMILES string of the molecule is COc1cc(N2CCC(N3CCN(C)CC3)CC2)ccc1-c1nccc(N)n1. The third kappa shape index (κ3) is 4.05. The van der Waals surface area contributed by atoms with Gasteiger partial charge < -0.3 is 20.3 Å². The molecule has 0 spiro atoms. The fourth-order valence-electron chi connectivity index (χ4n) is 4.24. The lowest BCUT2D eigenvalue weighted by Crippen LogP contribution is -2.52. The molecule has 150 valence electrons. The van der Waals surface area contributed by atoms with Gasteiger partial charge in [0.1, 0.15) is 11.6 Å². The highest BCUT2D eigenvalue weighted by atomic mass is 16.5. The molecular formula is C21H30N6O. The van der Waals surface area contributed by atoms with Crippen LogP contribution in [0, 0.1) is 0 Å². The van der Waals surface area contributed by atoms with Crippen molar-refractivity contribution in [3.8, 4) is 17.1 Å². The van der Waals surface area contributed by atoms with E-state index in [1.807, 2.05) is 6.07 Å². The fourth-order valence-corrected chi connectivity index (χ4v) is 4.24. The molecule has 0 unspecified atom stereocenters.